The predicted octanol–water partition coefficient (Wildman–Crippen LogP) is 15.1. The van der Waals surface area contributed by atoms with Crippen LogP contribution in [0, 0.1) is 0 Å². The van der Waals surface area contributed by atoms with Gasteiger partial charge in [-0.15, -0.1) is 0 Å². The summed E-state index contributed by atoms with van der Waals surface area (Å²) in [6.07, 6.45) is 9.09. The van der Waals surface area contributed by atoms with Crippen LogP contribution in [0.4, 0.5) is 56.9 Å². The van der Waals surface area contributed by atoms with Crippen molar-refractivity contribution in [3.05, 3.63) is 121 Å². The van der Waals surface area contributed by atoms with Crippen LogP contribution in [0.15, 0.2) is 121 Å². The van der Waals surface area contributed by atoms with E-state index in [-0.39, 0.29) is 0 Å². The van der Waals surface area contributed by atoms with Gasteiger partial charge in [0.25, 0.3) is 0 Å². The molecule has 0 saturated carbocycles. The molecule has 0 bridgehead atoms. The second kappa shape index (κ2) is 24.2. The topological polar surface area (TPSA) is 19.4 Å². The molecule has 60 heavy (non-hydrogen) atoms. The molecule has 6 nitrogen and oxygen atoms in total. The van der Waals surface area contributed by atoms with Gasteiger partial charge in [0, 0.05) is 109 Å². The minimum atomic E-state index is 1.07. The highest BCUT2D eigenvalue weighted by Crippen LogP contribution is 2.41. The van der Waals surface area contributed by atoms with E-state index in [9.17, 15) is 0 Å². The van der Waals surface area contributed by atoms with Gasteiger partial charge in [0.2, 0.25) is 0 Å². The summed E-state index contributed by atoms with van der Waals surface area (Å²) in [6.45, 7) is 26.7. The summed E-state index contributed by atoms with van der Waals surface area (Å²) >= 11 is 0. The van der Waals surface area contributed by atoms with Crippen molar-refractivity contribution in [2.24, 2.45) is 0 Å². The van der Waals surface area contributed by atoms with Gasteiger partial charge in [-0.25, -0.2) is 0 Å². The number of rotatable bonds is 26. The number of hydrogen-bond donors (Lipinski definition) is 0. The van der Waals surface area contributed by atoms with Gasteiger partial charge in [0.15, 0.2) is 0 Å². The summed E-state index contributed by atoms with van der Waals surface area (Å²) in [7, 11) is 0. The van der Waals surface area contributed by atoms with E-state index in [4.69, 9.17) is 0 Å². The fraction of sp³-hybridized carbons (Fsp3) is 0.444. The average Bonchev–Trinajstić information content (AvgIpc) is 3.28. The summed E-state index contributed by atoms with van der Waals surface area (Å²) in [5.41, 5.74) is 12.0. The highest BCUT2D eigenvalue weighted by molar-refractivity contribution is 5.82. The average molecular weight is 809 g/mol. The Morgan fingerprint density at radius 1 is 0.200 bits per heavy atom. The highest BCUT2D eigenvalue weighted by Gasteiger charge is 2.19. The molecule has 0 aromatic heterocycles. The molecule has 0 unspecified atom stereocenters. The summed E-state index contributed by atoms with van der Waals surface area (Å²) < 4.78 is 0. The molecule has 6 heteroatoms. The Balaban J connectivity index is 1.57. The SMILES string of the molecule is CCCN(CCC)c1ccc(N(c2ccc(N(CCC)CCC)cc2)c2ccc(N(c3ccc(N(CCC)CCC)cc3)c3ccc(N(CCC)CCC)cc3)cc2)cc1. The monoisotopic (exact) mass is 809 g/mol. The lowest BCUT2D eigenvalue weighted by Gasteiger charge is -2.30. The molecule has 0 radical (unpaired) electrons. The van der Waals surface area contributed by atoms with Crippen molar-refractivity contribution in [3.8, 4) is 0 Å². The van der Waals surface area contributed by atoms with Crippen LogP contribution in [0.3, 0.4) is 0 Å². The van der Waals surface area contributed by atoms with Crippen molar-refractivity contribution >= 4 is 56.9 Å². The lowest BCUT2D eigenvalue weighted by Crippen LogP contribution is -2.25. The molecule has 322 valence electrons. The summed E-state index contributed by atoms with van der Waals surface area (Å²) in [5, 5.41) is 0. The molecule has 0 amide bonds. The Bertz CT molecular complexity index is 1620. The molecule has 0 aliphatic carbocycles. The number of anilines is 10. The Kier molecular flexibility index (Phi) is 18.6. The summed E-state index contributed by atoms with van der Waals surface area (Å²) in [4.78, 5) is 14.9. The third kappa shape index (κ3) is 12.0. The molecule has 5 aromatic carbocycles. The maximum absolute atomic E-state index is 2.51. The number of nitrogens with zero attached hydrogens (tertiary/aromatic N) is 6. The Morgan fingerprint density at radius 3 is 0.433 bits per heavy atom. The van der Waals surface area contributed by atoms with Crippen LogP contribution in [0.5, 0.6) is 0 Å². The Hall–Kier alpha value is -5.10. The van der Waals surface area contributed by atoms with Crippen LogP contribution in [0.2, 0.25) is 0 Å². The van der Waals surface area contributed by atoms with Crippen LogP contribution < -0.4 is 29.4 Å². The van der Waals surface area contributed by atoms with E-state index in [0.717, 1.165) is 138 Å². The van der Waals surface area contributed by atoms with Crippen LogP contribution >= 0.6 is 0 Å². The molecule has 5 rings (SSSR count). The van der Waals surface area contributed by atoms with Gasteiger partial charge in [0.05, 0.1) is 0 Å². The molecule has 0 saturated heterocycles. The molecular weight excluding hydrogens is 733 g/mol. The third-order valence-electron chi connectivity index (χ3n) is 11.2. The van der Waals surface area contributed by atoms with E-state index in [1.54, 1.807) is 0 Å². The van der Waals surface area contributed by atoms with Crippen molar-refractivity contribution in [3.63, 3.8) is 0 Å². The lowest BCUT2D eigenvalue weighted by molar-refractivity contribution is 0.745. The molecule has 0 aliphatic rings. The first-order valence-electron chi connectivity index (χ1n) is 23.5. The molecule has 0 heterocycles. The zero-order valence-electron chi connectivity index (χ0n) is 38.5. The van der Waals surface area contributed by atoms with E-state index in [1.165, 1.54) is 22.7 Å². The normalized spacial score (nSPS) is 11.1. The quantitative estimate of drug-likeness (QED) is 0.0550. The molecule has 0 spiro atoms. The van der Waals surface area contributed by atoms with E-state index < -0.39 is 0 Å². The van der Waals surface area contributed by atoms with Gasteiger partial charge >= 0.3 is 0 Å². The van der Waals surface area contributed by atoms with Crippen molar-refractivity contribution in [1.82, 2.24) is 0 Å². The first-order chi connectivity index (χ1) is 29.4. The van der Waals surface area contributed by atoms with Crippen molar-refractivity contribution in [2.75, 3.05) is 81.8 Å². The molecular formula is C54H76N6. The van der Waals surface area contributed by atoms with Crippen LogP contribution in [-0.2, 0) is 0 Å². The second-order valence-electron chi connectivity index (χ2n) is 16.2. The first kappa shape index (κ1) is 46.0. The molecule has 0 fully saturated rings. The zero-order valence-corrected chi connectivity index (χ0v) is 38.5. The predicted molar refractivity (Wildman–Crippen MR) is 267 cm³/mol. The van der Waals surface area contributed by atoms with E-state index in [2.05, 4.69) is 206 Å². The van der Waals surface area contributed by atoms with Crippen molar-refractivity contribution in [1.29, 1.82) is 0 Å². The Morgan fingerprint density at radius 2 is 0.317 bits per heavy atom. The fourth-order valence-electron chi connectivity index (χ4n) is 8.53. The van der Waals surface area contributed by atoms with Gasteiger partial charge in [-0.1, -0.05) is 55.4 Å². The van der Waals surface area contributed by atoms with Gasteiger partial charge < -0.3 is 29.4 Å². The number of hydrogen-bond acceptors (Lipinski definition) is 6. The van der Waals surface area contributed by atoms with Crippen LogP contribution in [0.1, 0.15) is 107 Å². The first-order valence-corrected chi connectivity index (χ1v) is 23.5. The van der Waals surface area contributed by atoms with Crippen molar-refractivity contribution in [2.45, 2.75) is 107 Å². The van der Waals surface area contributed by atoms with E-state index >= 15 is 0 Å². The Labute approximate surface area is 365 Å². The largest absolute Gasteiger partial charge is 0.372 e. The third-order valence-corrected chi connectivity index (χ3v) is 11.2. The fourth-order valence-corrected chi connectivity index (χ4v) is 8.53. The number of benzene rings is 5. The molecule has 0 N–H and O–H groups in total. The highest BCUT2D eigenvalue weighted by atomic mass is 15.2. The van der Waals surface area contributed by atoms with E-state index in [0.29, 0.717) is 0 Å². The van der Waals surface area contributed by atoms with Gasteiger partial charge in [0.1, 0.15) is 0 Å². The van der Waals surface area contributed by atoms with Crippen LogP contribution in [-0.4, -0.2) is 52.4 Å². The minimum Gasteiger partial charge on any atom is -0.372 e. The lowest BCUT2D eigenvalue weighted by atomic mass is 10.1. The summed E-state index contributed by atoms with van der Waals surface area (Å²) in [6, 6.07) is 46.0. The zero-order chi connectivity index (χ0) is 42.7. The standard InChI is InChI=1S/C54H76N6/c1-9-37-55(38-10-2)45-17-25-49(26-18-45)59(50-27-19-46(20-28-50)56(39-11-3)40-12-4)53-33-35-54(36-34-53)60(51-29-21-47(22-30-51)57(41-13-5)42-14-6)52-31-23-48(24-32-52)58(43-15-7)44-16-8/h17-36H,9-16,37-44H2,1-8H3. The van der Waals surface area contributed by atoms with Gasteiger partial charge in [-0.3, -0.25) is 0 Å². The van der Waals surface area contributed by atoms with Crippen LogP contribution in [0.25, 0.3) is 0 Å². The van der Waals surface area contributed by atoms with Crippen molar-refractivity contribution < 1.29 is 0 Å². The molecule has 0 atom stereocenters. The maximum Gasteiger partial charge on any atom is 0.0463 e. The second-order valence-corrected chi connectivity index (χ2v) is 16.2. The minimum absolute atomic E-state index is 1.07. The molecule has 5 aromatic rings. The summed E-state index contributed by atoms with van der Waals surface area (Å²) in [5.74, 6) is 0. The molecule has 0 aliphatic heterocycles. The maximum atomic E-state index is 2.51. The van der Waals surface area contributed by atoms with Gasteiger partial charge in [-0.2, -0.15) is 0 Å². The van der Waals surface area contributed by atoms with E-state index in [1.807, 2.05) is 0 Å². The smallest absolute Gasteiger partial charge is 0.0463 e. The van der Waals surface area contributed by atoms with Gasteiger partial charge in [-0.05, 0) is 173 Å².